The maximum atomic E-state index is 14.3. The van der Waals surface area contributed by atoms with Gasteiger partial charge in [-0.2, -0.15) is 0 Å². The maximum Gasteiger partial charge on any atom is 0.208 e. The maximum absolute atomic E-state index is 14.3. The number of fused-ring (bicyclic) bond motifs is 1. The molecule has 3 aromatic carbocycles. The molecule has 0 amide bonds. The molecule has 0 saturated heterocycles. The van der Waals surface area contributed by atoms with E-state index >= 15 is 0 Å². The fourth-order valence-electron chi connectivity index (χ4n) is 3.09. The molecular weight excluding hydrogens is 423 g/mol. The molecule has 4 rings (SSSR count). The van der Waals surface area contributed by atoms with Crippen LogP contribution in [0.15, 0.2) is 76.7 Å². The SMILES string of the molecule is O=S(=O)(c1ccc(F)c(Cl)c1)c1cnc2c(F)cccc2c1-c1cccc(F)c1. The number of halogens is 4. The van der Waals surface area contributed by atoms with Gasteiger partial charge in [0, 0.05) is 17.1 Å². The van der Waals surface area contributed by atoms with Crippen LogP contribution in [0, 0.1) is 17.5 Å². The molecule has 0 aliphatic rings. The van der Waals surface area contributed by atoms with Crippen molar-refractivity contribution < 1.29 is 21.6 Å². The third-order valence-corrected chi connectivity index (χ3v) is 6.47. The van der Waals surface area contributed by atoms with Crippen LogP contribution < -0.4 is 0 Å². The predicted molar refractivity (Wildman–Crippen MR) is 104 cm³/mol. The number of aromatic nitrogens is 1. The van der Waals surface area contributed by atoms with Gasteiger partial charge in [-0.05, 0) is 42.0 Å². The van der Waals surface area contributed by atoms with Gasteiger partial charge in [-0.1, -0.05) is 35.9 Å². The zero-order valence-corrected chi connectivity index (χ0v) is 16.1. The average molecular weight is 434 g/mol. The summed E-state index contributed by atoms with van der Waals surface area (Å²) in [6.07, 6.45) is 1.01. The van der Waals surface area contributed by atoms with E-state index in [1.165, 1.54) is 36.4 Å². The molecular formula is C21H11ClF3NO2S. The minimum absolute atomic E-state index is 0.0529. The minimum atomic E-state index is -4.23. The first-order valence-electron chi connectivity index (χ1n) is 8.32. The van der Waals surface area contributed by atoms with Crippen LogP contribution in [0.2, 0.25) is 5.02 Å². The third-order valence-electron chi connectivity index (χ3n) is 4.42. The van der Waals surface area contributed by atoms with Crippen molar-refractivity contribution in [2.24, 2.45) is 0 Å². The highest BCUT2D eigenvalue weighted by Crippen LogP contribution is 2.37. The summed E-state index contributed by atoms with van der Waals surface area (Å²) >= 11 is 5.75. The van der Waals surface area contributed by atoms with E-state index in [-0.39, 0.29) is 36.8 Å². The first kappa shape index (κ1) is 19.4. The van der Waals surface area contributed by atoms with E-state index in [0.717, 1.165) is 30.5 Å². The minimum Gasteiger partial charge on any atom is -0.252 e. The van der Waals surface area contributed by atoms with Gasteiger partial charge >= 0.3 is 0 Å². The van der Waals surface area contributed by atoms with Gasteiger partial charge in [0.25, 0.3) is 0 Å². The summed E-state index contributed by atoms with van der Waals surface area (Å²) in [6, 6.07) is 12.4. The van der Waals surface area contributed by atoms with Crippen molar-refractivity contribution in [1.82, 2.24) is 4.98 Å². The van der Waals surface area contributed by atoms with E-state index in [9.17, 15) is 21.6 Å². The molecule has 0 aliphatic heterocycles. The van der Waals surface area contributed by atoms with Crippen molar-refractivity contribution in [2.45, 2.75) is 9.79 Å². The van der Waals surface area contributed by atoms with E-state index < -0.39 is 27.3 Å². The molecule has 1 aromatic heterocycles. The van der Waals surface area contributed by atoms with Crippen molar-refractivity contribution in [1.29, 1.82) is 0 Å². The second kappa shape index (κ2) is 7.17. The molecule has 0 bridgehead atoms. The molecule has 0 atom stereocenters. The molecule has 8 heteroatoms. The lowest BCUT2D eigenvalue weighted by Crippen LogP contribution is -2.06. The normalized spacial score (nSPS) is 11.7. The quantitative estimate of drug-likeness (QED) is 0.383. The number of benzene rings is 3. The number of nitrogens with zero attached hydrogens (tertiary/aromatic N) is 1. The Kier molecular flexibility index (Phi) is 4.80. The number of sulfone groups is 1. The third kappa shape index (κ3) is 3.36. The van der Waals surface area contributed by atoms with Crippen LogP contribution in [-0.4, -0.2) is 13.4 Å². The summed E-state index contributed by atoms with van der Waals surface area (Å²) in [5.74, 6) is -2.00. The molecule has 0 spiro atoms. The second-order valence-corrected chi connectivity index (χ2v) is 8.55. The molecule has 0 unspecified atom stereocenters. The Morgan fingerprint density at radius 2 is 1.62 bits per heavy atom. The monoisotopic (exact) mass is 433 g/mol. The zero-order valence-electron chi connectivity index (χ0n) is 14.5. The zero-order chi connectivity index (χ0) is 20.8. The smallest absolute Gasteiger partial charge is 0.208 e. The topological polar surface area (TPSA) is 47.0 Å². The largest absolute Gasteiger partial charge is 0.252 e. The Morgan fingerprint density at radius 3 is 2.34 bits per heavy atom. The van der Waals surface area contributed by atoms with Crippen LogP contribution >= 0.6 is 11.6 Å². The van der Waals surface area contributed by atoms with Crippen LogP contribution in [0.4, 0.5) is 13.2 Å². The van der Waals surface area contributed by atoms with E-state index in [0.29, 0.717) is 0 Å². The Morgan fingerprint density at radius 1 is 0.862 bits per heavy atom. The van der Waals surface area contributed by atoms with Crippen molar-refractivity contribution in [3.63, 3.8) is 0 Å². The lowest BCUT2D eigenvalue weighted by molar-refractivity contribution is 0.594. The fourth-order valence-corrected chi connectivity index (χ4v) is 4.79. The van der Waals surface area contributed by atoms with E-state index in [4.69, 9.17) is 11.6 Å². The molecule has 4 aromatic rings. The van der Waals surface area contributed by atoms with Gasteiger partial charge in [-0.3, -0.25) is 4.98 Å². The Hall–Kier alpha value is -2.90. The first-order chi connectivity index (χ1) is 13.8. The number of pyridine rings is 1. The van der Waals surface area contributed by atoms with Gasteiger partial charge in [-0.15, -0.1) is 0 Å². The lowest BCUT2D eigenvalue weighted by atomic mass is 10.0. The van der Waals surface area contributed by atoms with Crippen LogP contribution in [0.5, 0.6) is 0 Å². The van der Waals surface area contributed by atoms with E-state index in [1.807, 2.05) is 0 Å². The number of hydrogen-bond acceptors (Lipinski definition) is 3. The van der Waals surface area contributed by atoms with Gasteiger partial charge in [0.2, 0.25) is 9.84 Å². The molecule has 0 fully saturated rings. The average Bonchev–Trinajstić information content (AvgIpc) is 2.69. The Balaban J connectivity index is 2.09. The van der Waals surface area contributed by atoms with Crippen LogP contribution in [0.25, 0.3) is 22.0 Å². The van der Waals surface area contributed by atoms with Crippen LogP contribution in [-0.2, 0) is 9.84 Å². The van der Waals surface area contributed by atoms with Crippen molar-refractivity contribution >= 4 is 32.3 Å². The summed E-state index contributed by atoms with van der Waals surface area (Å²) in [5.41, 5.74) is 0.270. The predicted octanol–water partition coefficient (Wildman–Crippen LogP) is 5.81. The van der Waals surface area contributed by atoms with Crippen LogP contribution in [0.1, 0.15) is 0 Å². The fraction of sp³-hybridized carbons (Fsp3) is 0. The van der Waals surface area contributed by atoms with E-state index in [1.54, 1.807) is 0 Å². The summed E-state index contributed by atoms with van der Waals surface area (Å²) in [4.78, 5) is 3.43. The molecule has 0 saturated carbocycles. The molecule has 146 valence electrons. The van der Waals surface area contributed by atoms with Gasteiger partial charge in [0.1, 0.15) is 23.0 Å². The second-order valence-electron chi connectivity index (χ2n) is 6.22. The van der Waals surface area contributed by atoms with Crippen LogP contribution in [0.3, 0.4) is 0 Å². The van der Waals surface area contributed by atoms with E-state index in [2.05, 4.69) is 4.98 Å². The standard InChI is InChI=1S/C21H11ClF3NO2S/c22-16-10-14(7-8-17(16)24)29(27,28)19-11-26-21-15(5-2-6-18(21)25)20(19)12-3-1-4-13(23)9-12/h1-11H. The number of rotatable bonds is 3. The summed E-state index contributed by atoms with van der Waals surface area (Å²) in [5, 5.41) is -0.164. The molecule has 1 heterocycles. The highest BCUT2D eigenvalue weighted by atomic mass is 35.5. The Bertz CT molecular complexity index is 1370. The van der Waals surface area contributed by atoms with Gasteiger partial charge < -0.3 is 0 Å². The van der Waals surface area contributed by atoms with Gasteiger partial charge in [-0.25, -0.2) is 21.6 Å². The lowest BCUT2D eigenvalue weighted by Gasteiger charge is -2.14. The van der Waals surface area contributed by atoms with Crippen molar-refractivity contribution in [3.05, 3.63) is 89.3 Å². The van der Waals surface area contributed by atoms with Crippen molar-refractivity contribution in [2.75, 3.05) is 0 Å². The van der Waals surface area contributed by atoms with Gasteiger partial charge in [0.15, 0.2) is 0 Å². The van der Waals surface area contributed by atoms with Gasteiger partial charge in [0.05, 0.1) is 14.8 Å². The summed E-state index contributed by atoms with van der Waals surface area (Å²) in [6.45, 7) is 0. The summed E-state index contributed by atoms with van der Waals surface area (Å²) < 4.78 is 68.2. The summed E-state index contributed by atoms with van der Waals surface area (Å²) in [7, 11) is -4.23. The highest BCUT2D eigenvalue weighted by Gasteiger charge is 2.26. The molecule has 29 heavy (non-hydrogen) atoms. The molecule has 0 aliphatic carbocycles. The first-order valence-corrected chi connectivity index (χ1v) is 10.2. The Labute approximate surface area is 169 Å². The molecule has 0 N–H and O–H groups in total. The highest BCUT2D eigenvalue weighted by molar-refractivity contribution is 7.91. The number of hydrogen-bond donors (Lipinski definition) is 0. The number of para-hydroxylation sites is 1. The molecule has 0 radical (unpaired) electrons. The molecule has 3 nitrogen and oxygen atoms in total. The van der Waals surface area contributed by atoms with Crippen molar-refractivity contribution in [3.8, 4) is 11.1 Å².